The molecular formula is C19H16F2N2O2. The number of aromatic nitrogens is 1. The van der Waals surface area contributed by atoms with Crippen molar-refractivity contribution in [2.75, 3.05) is 0 Å². The van der Waals surface area contributed by atoms with Crippen molar-refractivity contribution in [3.05, 3.63) is 81.6 Å². The Morgan fingerprint density at radius 3 is 2.56 bits per heavy atom. The maximum Gasteiger partial charge on any atom is 0.252 e. The van der Waals surface area contributed by atoms with Crippen molar-refractivity contribution < 1.29 is 13.6 Å². The highest BCUT2D eigenvalue weighted by atomic mass is 19.1. The van der Waals surface area contributed by atoms with E-state index in [1.165, 1.54) is 16.7 Å². The van der Waals surface area contributed by atoms with Gasteiger partial charge in [0, 0.05) is 30.1 Å². The molecule has 3 rings (SSSR count). The lowest BCUT2D eigenvalue weighted by Crippen LogP contribution is -2.29. The predicted octanol–water partition coefficient (Wildman–Crippen LogP) is 3.31. The first-order chi connectivity index (χ1) is 11.9. The van der Waals surface area contributed by atoms with E-state index >= 15 is 0 Å². The Morgan fingerprint density at radius 2 is 1.84 bits per heavy atom. The number of rotatable bonds is 3. The molecule has 0 saturated heterocycles. The highest BCUT2D eigenvalue weighted by Gasteiger charge is 2.18. The molecule has 0 fully saturated rings. The van der Waals surface area contributed by atoms with E-state index in [0.29, 0.717) is 10.9 Å². The van der Waals surface area contributed by atoms with E-state index in [2.05, 4.69) is 5.32 Å². The maximum absolute atomic E-state index is 13.9. The molecule has 0 radical (unpaired) electrons. The SMILES string of the molecule is CC(NC(=O)c1cc(=O)n(C)c2ccccc12)c1ccc(F)cc1F. The number of carbonyl (C=O) groups excluding carboxylic acids is 1. The second kappa shape index (κ2) is 6.47. The molecule has 1 aromatic heterocycles. The van der Waals surface area contributed by atoms with Gasteiger partial charge in [-0.1, -0.05) is 24.3 Å². The van der Waals surface area contributed by atoms with Gasteiger partial charge in [-0.3, -0.25) is 9.59 Å². The molecule has 3 aromatic rings. The fraction of sp³-hybridized carbons (Fsp3) is 0.158. The summed E-state index contributed by atoms with van der Waals surface area (Å²) in [5.74, 6) is -1.91. The van der Waals surface area contributed by atoms with Crippen molar-refractivity contribution in [1.29, 1.82) is 0 Å². The standard InChI is InChI=1S/C19H16F2N2O2/c1-11(13-8-7-12(20)9-16(13)21)22-19(25)15-10-18(24)23(2)17-6-4-3-5-14(15)17/h3-11H,1-2H3,(H,22,25). The molecule has 2 aromatic carbocycles. The van der Waals surface area contributed by atoms with Gasteiger partial charge < -0.3 is 9.88 Å². The smallest absolute Gasteiger partial charge is 0.252 e. The molecule has 0 aliphatic rings. The molecule has 0 saturated carbocycles. The lowest BCUT2D eigenvalue weighted by Gasteiger charge is -2.16. The number of fused-ring (bicyclic) bond motifs is 1. The summed E-state index contributed by atoms with van der Waals surface area (Å²) >= 11 is 0. The van der Waals surface area contributed by atoms with Gasteiger partial charge >= 0.3 is 0 Å². The predicted molar refractivity (Wildman–Crippen MR) is 91.4 cm³/mol. The highest BCUT2D eigenvalue weighted by molar-refractivity contribution is 6.06. The van der Waals surface area contributed by atoms with Gasteiger partial charge in [-0.2, -0.15) is 0 Å². The Hall–Kier alpha value is -3.02. The van der Waals surface area contributed by atoms with Gasteiger partial charge in [0.2, 0.25) is 0 Å². The summed E-state index contributed by atoms with van der Waals surface area (Å²) in [7, 11) is 1.63. The largest absolute Gasteiger partial charge is 0.345 e. The van der Waals surface area contributed by atoms with Gasteiger partial charge in [-0.25, -0.2) is 8.78 Å². The van der Waals surface area contributed by atoms with Crippen LogP contribution in [0, 0.1) is 11.6 Å². The topological polar surface area (TPSA) is 51.1 Å². The minimum atomic E-state index is -0.735. The van der Waals surface area contributed by atoms with Crippen LogP contribution in [0.15, 0.2) is 53.3 Å². The van der Waals surface area contributed by atoms with Gasteiger partial charge in [0.05, 0.1) is 17.1 Å². The van der Waals surface area contributed by atoms with Crippen LogP contribution in [0.1, 0.15) is 28.9 Å². The van der Waals surface area contributed by atoms with Crippen LogP contribution in [0.3, 0.4) is 0 Å². The minimum absolute atomic E-state index is 0.169. The van der Waals surface area contributed by atoms with E-state index in [1.807, 2.05) is 0 Å². The second-order valence-electron chi connectivity index (χ2n) is 5.83. The fourth-order valence-corrected chi connectivity index (χ4v) is 2.80. The molecule has 1 N–H and O–H groups in total. The number of amides is 1. The average Bonchev–Trinajstić information content (AvgIpc) is 2.57. The molecule has 1 atom stereocenters. The molecule has 0 spiro atoms. The summed E-state index contributed by atoms with van der Waals surface area (Å²) in [5.41, 5.74) is 0.696. The quantitative estimate of drug-likeness (QED) is 0.794. The molecular weight excluding hydrogens is 326 g/mol. The Balaban J connectivity index is 1.98. The number of nitrogens with one attached hydrogen (secondary N) is 1. The first kappa shape index (κ1) is 16.8. The number of aryl methyl sites for hydroxylation is 1. The third kappa shape index (κ3) is 3.15. The van der Waals surface area contributed by atoms with Gasteiger partial charge in [-0.05, 0) is 19.1 Å². The van der Waals surface area contributed by atoms with Gasteiger partial charge in [0.15, 0.2) is 0 Å². The molecule has 128 valence electrons. The van der Waals surface area contributed by atoms with Crippen molar-refractivity contribution in [3.63, 3.8) is 0 Å². The Bertz CT molecular complexity index is 1030. The first-order valence-electron chi connectivity index (χ1n) is 7.73. The van der Waals surface area contributed by atoms with Crippen molar-refractivity contribution in [3.8, 4) is 0 Å². The summed E-state index contributed by atoms with van der Waals surface area (Å²) in [6, 6.07) is 10.8. The molecule has 0 aliphatic carbocycles. The zero-order chi connectivity index (χ0) is 18.1. The van der Waals surface area contributed by atoms with Crippen molar-refractivity contribution in [1.82, 2.24) is 9.88 Å². The average molecular weight is 342 g/mol. The van der Waals surface area contributed by atoms with Crippen LogP contribution in [0.5, 0.6) is 0 Å². The number of hydrogen-bond acceptors (Lipinski definition) is 2. The van der Waals surface area contributed by atoms with Gasteiger partial charge in [0.1, 0.15) is 11.6 Å². The van der Waals surface area contributed by atoms with Crippen LogP contribution >= 0.6 is 0 Å². The molecule has 1 heterocycles. The first-order valence-corrected chi connectivity index (χ1v) is 7.73. The molecule has 0 bridgehead atoms. The summed E-state index contributed by atoms with van der Waals surface area (Å²) in [6.45, 7) is 1.59. The Morgan fingerprint density at radius 1 is 1.12 bits per heavy atom. The molecule has 0 aliphatic heterocycles. The third-order valence-electron chi connectivity index (χ3n) is 4.18. The van der Waals surface area contributed by atoms with E-state index in [4.69, 9.17) is 0 Å². The lowest BCUT2D eigenvalue weighted by atomic mass is 10.1. The Labute approximate surface area is 142 Å². The summed E-state index contributed by atoms with van der Waals surface area (Å²) in [5, 5.41) is 3.28. The molecule has 1 unspecified atom stereocenters. The number of para-hydroxylation sites is 1. The number of halogens is 2. The maximum atomic E-state index is 13.9. The van der Waals surface area contributed by atoms with Crippen LogP contribution in [-0.4, -0.2) is 10.5 Å². The van der Waals surface area contributed by atoms with Crippen LogP contribution in [0.2, 0.25) is 0 Å². The third-order valence-corrected chi connectivity index (χ3v) is 4.18. The molecule has 4 nitrogen and oxygen atoms in total. The number of carbonyl (C=O) groups is 1. The van der Waals surface area contributed by atoms with E-state index in [1.54, 1.807) is 38.2 Å². The number of benzene rings is 2. The summed E-state index contributed by atoms with van der Waals surface area (Å²) in [6.07, 6.45) is 0. The van der Waals surface area contributed by atoms with Crippen LogP contribution in [0.4, 0.5) is 8.78 Å². The van der Waals surface area contributed by atoms with Crippen molar-refractivity contribution in [2.24, 2.45) is 7.05 Å². The van der Waals surface area contributed by atoms with Gasteiger partial charge in [-0.15, -0.1) is 0 Å². The highest BCUT2D eigenvalue weighted by Crippen LogP contribution is 2.20. The summed E-state index contributed by atoms with van der Waals surface area (Å²) < 4.78 is 28.4. The number of hydrogen-bond donors (Lipinski definition) is 1. The zero-order valence-corrected chi connectivity index (χ0v) is 13.7. The number of pyridine rings is 1. The monoisotopic (exact) mass is 342 g/mol. The molecule has 25 heavy (non-hydrogen) atoms. The van der Waals surface area contributed by atoms with E-state index in [0.717, 1.165) is 12.1 Å². The van der Waals surface area contributed by atoms with Crippen LogP contribution in [-0.2, 0) is 7.05 Å². The lowest BCUT2D eigenvalue weighted by molar-refractivity contribution is 0.0941. The minimum Gasteiger partial charge on any atom is -0.345 e. The normalized spacial score (nSPS) is 12.2. The second-order valence-corrected chi connectivity index (χ2v) is 5.83. The van der Waals surface area contributed by atoms with Crippen molar-refractivity contribution in [2.45, 2.75) is 13.0 Å². The molecule has 6 heteroatoms. The van der Waals surface area contributed by atoms with E-state index in [9.17, 15) is 18.4 Å². The van der Waals surface area contributed by atoms with Crippen LogP contribution < -0.4 is 10.9 Å². The van der Waals surface area contributed by atoms with E-state index < -0.39 is 23.6 Å². The zero-order valence-electron chi connectivity index (χ0n) is 13.7. The number of nitrogens with zero attached hydrogens (tertiary/aromatic N) is 1. The summed E-state index contributed by atoms with van der Waals surface area (Å²) in [4.78, 5) is 24.7. The fourth-order valence-electron chi connectivity index (χ4n) is 2.80. The Kier molecular flexibility index (Phi) is 4.35. The van der Waals surface area contributed by atoms with E-state index in [-0.39, 0.29) is 16.7 Å². The molecule has 1 amide bonds. The van der Waals surface area contributed by atoms with Crippen LogP contribution in [0.25, 0.3) is 10.9 Å². The van der Waals surface area contributed by atoms with Crippen molar-refractivity contribution >= 4 is 16.8 Å². The van der Waals surface area contributed by atoms with Gasteiger partial charge in [0.25, 0.3) is 11.5 Å².